The van der Waals surface area contributed by atoms with E-state index in [9.17, 15) is 0 Å². The van der Waals surface area contributed by atoms with Gasteiger partial charge in [0.2, 0.25) is 0 Å². The zero-order valence-electron chi connectivity index (χ0n) is 16.5. The van der Waals surface area contributed by atoms with E-state index in [1.807, 2.05) is 0 Å². The Bertz CT molecular complexity index is 283. The van der Waals surface area contributed by atoms with Gasteiger partial charge in [0.1, 0.15) is 0 Å². The van der Waals surface area contributed by atoms with Crippen LogP contribution in [0, 0.1) is 0 Å². The first kappa shape index (κ1) is 21.9. The Morgan fingerprint density at radius 1 is 0.864 bits per heavy atom. The van der Waals surface area contributed by atoms with E-state index in [-0.39, 0.29) is 11.1 Å². The lowest BCUT2D eigenvalue weighted by atomic mass is 9.83. The lowest BCUT2D eigenvalue weighted by Crippen LogP contribution is -2.58. The Labute approximate surface area is 139 Å². The summed E-state index contributed by atoms with van der Waals surface area (Å²) in [5.41, 5.74) is 0.368. The molecule has 2 atom stereocenters. The molecule has 0 heterocycles. The number of ether oxygens (including phenoxy) is 2. The average molecular weight is 316 g/mol. The maximum absolute atomic E-state index is 5.83. The first-order valence-corrected chi connectivity index (χ1v) is 9.26. The normalized spacial score (nSPS) is 17.7. The van der Waals surface area contributed by atoms with E-state index in [1.54, 1.807) is 0 Å². The third kappa shape index (κ3) is 6.55. The first-order chi connectivity index (χ1) is 10.3. The Balaban J connectivity index is 5.01. The predicted octanol–water partition coefficient (Wildman–Crippen LogP) is 4.89. The van der Waals surface area contributed by atoms with E-state index in [1.165, 1.54) is 0 Å². The number of nitrogens with zero attached hydrogens (tertiary/aromatic N) is 1. The molecule has 3 heteroatoms. The van der Waals surface area contributed by atoms with Crippen LogP contribution in [0.3, 0.4) is 0 Å². The highest BCUT2D eigenvalue weighted by molar-refractivity contribution is 4.95. The Morgan fingerprint density at radius 3 is 1.73 bits per heavy atom. The van der Waals surface area contributed by atoms with E-state index < -0.39 is 0 Å². The Hall–Kier alpha value is -0.120. The Kier molecular flexibility index (Phi) is 10.6. The topological polar surface area (TPSA) is 21.7 Å². The van der Waals surface area contributed by atoms with Crippen LogP contribution in [-0.2, 0) is 9.47 Å². The minimum absolute atomic E-state index is 0.181. The van der Waals surface area contributed by atoms with Crippen molar-refractivity contribution in [3.05, 3.63) is 0 Å². The largest absolute Gasteiger partial charge is 0.382 e. The predicted molar refractivity (Wildman–Crippen MR) is 96.6 cm³/mol. The summed E-state index contributed by atoms with van der Waals surface area (Å²) in [6, 6.07) is 0. The second kappa shape index (κ2) is 10.6. The van der Waals surface area contributed by atoms with Gasteiger partial charge in [0.15, 0.2) is 0 Å². The van der Waals surface area contributed by atoms with Crippen LogP contribution in [-0.4, -0.2) is 48.4 Å². The highest BCUT2D eigenvalue weighted by atomic mass is 16.5. The molecule has 0 radical (unpaired) electrons. The maximum Gasteiger partial charge on any atom is 0.0518 e. The molecular formula is C19H41NO2. The minimum atomic E-state index is 0.181. The molecule has 0 amide bonds. The maximum atomic E-state index is 5.83. The fraction of sp³-hybridized carbons (Fsp3) is 1.00. The molecule has 2 unspecified atom stereocenters. The molecule has 0 aliphatic heterocycles. The molecule has 0 bridgehead atoms. The van der Waals surface area contributed by atoms with Crippen molar-refractivity contribution in [2.24, 2.45) is 0 Å². The van der Waals surface area contributed by atoms with E-state index in [0.29, 0.717) is 6.10 Å². The van der Waals surface area contributed by atoms with Gasteiger partial charge in [0, 0.05) is 30.9 Å². The molecule has 0 aromatic heterocycles. The molecule has 0 saturated carbocycles. The van der Waals surface area contributed by atoms with Gasteiger partial charge in [0.05, 0.1) is 6.10 Å². The summed E-state index contributed by atoms with van der Waals surface area (Å²) in [7, 11) is 0. The smallest absolute Gasteiger partial charge is 0.0518 e. The fourth-order valence-corrected chi connectivity index (χ4v) is 3.37. The molecule has 0 aliphatic rings. The van der Waals surface area contributed by atoms with Gasteiger partial charge < -0.3 is 9.47 Å². The van der Waals surface area contributed by atoms with Crippen LogP contribution in [0.1, 0.15) is 81.1 Å². The lowest BCUT2D eigenvalue weighted by Gasteiger charge is -2.51. The van der Waals surface area contributed by atoms with E-state index >= 15 is 0 Å². The molecule has 0 aromatic rings. The first-order valence-electron chi connectivity index (χ1n) is 9.26. The molecule has 0 saturated heterocycles. The van der Waals surface area contributed by atoms with Crippen LogP contribution in [0.25, 0.3) is 0 Å². The van der Waals surface area contributed by atoms with Gasteiger partial charge in [-0.15, -0.1) is 0 Å². The standard InChI is InChI=1S/C19H41NO2/c1-9-18(7,13-15-21-12-4)20(11-3)19(8,10-2)14-16-22-17(5)6/h17H,9-16H2,1-8H3. The van der Waals surface area contributed by atoms with Crippen molar-refractivity contribution in [1.29, 1.82) is 0 Å². The lowest BCUT2D eigenvalue weighted by molar-refractivity contribution is -0.0451. The van der Waals surface area contributed by atoms with Gasteiger partial charge in [0.25, 0.3) is 0 Å². The Morgan fingerprint density at radius 2 is 1.36 bits per heavy atom. The zero-order chi connectivity index (χ0) is 17.2. The zero-order valence-corrected chi connectivity index (χ0v) is 16.5. The summed E-state index contributed by atoms with van der Waals surface area (Å²) in [5, 5.41) is 0. The third-order valence-corrected chi connectivity index (χ3v) is 5.22. The van der Waals surface area contributed by atoms with Gasteiger partial charge in [-0.1, -0.05) is 20.8 Å². The molecule has 0 fully saturated rings. The van der Waals surface area contributed by atoms with Crippen LogP contribution in [0.15, 0.2) is 0 Å². The van der Waals surface area contributed by atoms with Crippen LogP contribution in [0.4, 0.5) is 0 Å². The fourth-order valence-electron chi connectivity index (χ4n) is 3.37. The monoisotopic (exact) mass is 315 g/mol. The molecule has 0 aromatic carbocycles. The van der Waals surface area contributed by atoms with Crippen molar-refractivity contribution in [3.8, 4) is 0 Å². The van der Waals surface area contributed by atoms with Gasteiger partial charge in [-0.2, -0.15) is 0 Å². The quantitative estimate of drug-likeness (QED) is 0.452. The van der Waals surface area contributed by atoms with Crippen LogP contribution in [0.2, 0.25) is 0 Å². The summed E-state index contributed by atoms with van der Waals surface area (Å²) in [5.74, 6) is 0. The SMILES string of the molecule is CCOCCC(C)(CC)N(CC)C(C)(CC)CCOC(C)C. The second-order valence-corrected chi connectivity index (χ2v) is 7.06. The van der Waals surface area contributed by atoms with Crippen LogP contribution in [0.5, 0.6) is 0 Å². The van der Waals surface area contributed by atoms with Crippen LogP contribution < -0.4 is 0 Å². The molecule has 0 spiro atoms. The van der Waals surface area contributed by atoms with Crippen molar-refractivity contribution < 1.29 is 9.47 Å². The molecule has 3 nitrogen and oxygen atoms in total. The summed E-state index contributed by atoms with van der Waals surface area (Å²) in [6.07, 6.45) is 4.78. The average Bonchev–Trinajstić information content (AvgIpc) is 2.47. The van der Waals surface area contributed by atoms with Crippen molar-refractivity contribution >= 4 is 0 Å². The summed E-state index contributed by atoms with van der Waals surface area (Å²) in [6.45, 7) is 21.5. The molecule has 0 N–H and O–H groups in total. The van der Waals surface area contributed by atoms with Gasteiger partial charge >= 0.3 is 0 Å². The van der Waals surface area contributed by atoms with Crippen molar-refractivity contribution in [2.75, 3.05) is 26.4 Å². The third-order valence-electron chi connectivity index (χ3n) is 5.22. The van der Waals surface area contributed by atoms with E-state index in [2.05, 4.69) is 60.3 Å². The van der Waals surface area contributed by atoms with Crippen molar-refractivity contribution in [1.82, 2.24) is 4.90 Å². The highest BCUT2D eigenvalue weighted by Gasteiger charge is 2.40. The summed E-state index contributed by atoms with van der Waals surface area (Å²) >= 11 is 0. The second-order valence-electron chi connectivity index (χ2n) is 7.06. The number of hydrogen-bond donors (Lipinski definition) is 0. The van der Waals surface area contributed by atoms with Crippen LogP contribution >= 0.6 is 0 Å². The highest BCUT2D eigenvalue weighted by Crippen LogP contribution is 2.35. The molecule has 134 valence electrons. The van der Waals surface area contributed by atoms with Gasteiger partial charge in [-0.05, 0) is 66.8 Å². The van der Waals surface area contributed by atoms with Gasteiger partial charge in [-0.25, -0.2) is 0 Å². The number of rotatable bonds is 13. The molecule has 22 heavy (non-hydrogen) atoms. The minimum Gasteiger partial charge on any atom is -0.382 e. The summed E-state index contributed by atoms with van der Waals surface area (Å²) in [4.78, 5) is 2.70. The van der Waals surface area contributed by atoms with E-state index in [0.717, 1.165) is 52.0 Å². The van der Waals surface area contributed by atoms with Gasteiger partial charge in [-0.3, -0.25) is 4.90 Å². The molecule has 0 aliphatic carbocycles. The summed E-state index contributed by atoms with van der Waals surface area (Å²) < 4.78 is 11.5. The van der Waals surface area contributed by atoms with Crippen molar-refractivity contribution in [2.45, 2.75) is 98.3 Å². The molecule has 0 rings (SSSR count). The van der Waals surface area contributed by atoms with E-state index in [4.69, 9.17) is 9.47 Å². The van der Waals surface area contributed by atoms with Crippen molar-refractivity contribution in [3.63, 3.8) is 0 Å². The molecular weight excluding hydrogens is 274 g/mol. The number of hydrogen-bond acceptors (Lipinski definition) is 3.